The highest BCUT2D eigenvalue weighted by molar-refractivity contribution is 5.67. The Balaban J connectivity index is 1.37. The first-order chi connectivity index (χ1) is 13.7. The molecule has 1 aromatic heterocycles. The van der Waals surface area contributed by atoms with Crippen molar-refractivity contribution in [3.05, 3.63) is 60.0 Å². The summed E-state index contributed by atoms with van der Waals surface area (Å²) in [5.74, 6) is 1.21. The summed E-state index contributed by atoms with van der Waals surface area (Å²) in [7, 11) is 0. The Hall–Kier alpha value is -2.50. The highest BCUT2D eigenvalue weighted by Crippen LogP contribution is 2.24. The topological polar surface area (TPSA) is 51.4 Å². The van der Waals surface area contributed by atoms with Crippen LogP contribution in [0.25, 0.3) is 22.5 Å². The van der Waals surface area contributed by atoms with Crippen LogP contribution in [-0.2, 0) is 11.3 Å². The molecule has 0 radical (unpaired) electrons. The Morgan fingerprint density at radius 1 is 1.04 bits per heavy atom. The van der Waals surface area contributed by atoms with Crippen molar-refractivity contribution in [2.24, 2.45) is 0 Å². The molecule has 1 aliphatic heterocycles. The lowest BCUT2D eigenvalue weighted by Crippen LogP contribution is -2.23. The maximum Gasteiger partial charge on any atom is 0.223 e. The van der Waals surface area contributed by atoms with Gasteiger partial charge in [0.1, 0.15) is 0 Å². The van der Waals surface area contributed by atoms with Crippen LogP contribution in [0.2, 0.25) is 0 Å². The standard InChI is InChI=1S/C23H27N3O2/c1-3-14-27-22-12-13-26(16-22)15-18-4-6-19(7-5-18)20-8-10-21(11-9-20)23-24-17(2)28-25-23/h4-11,22H,3,12-16H2,1-2H3. The predicted molar refractivity (Wildman–Crippen MR) is 110 cm³/mol. The van der Waals surface area contributed by atoms with Crippen LogP contribution in [-0.4, -0.2) is 40.8 Å². The summed E-state index contributed by atoms with van der Waals surface area (Å²) < 4.78 is 10.9. The third kappa shape index (κ3) is 4.49. The van der Waals surface area contributed by atoms with Gasteiger partial charge in [0, 0.05) is 38.7 Å². The van der Waals surface area contributed by atoms with E-state index in [0.29, 0.717) is 17.8 Å². The third-order valence-corrected chi connectivity index (χ3v) is 5.15. The SMILES string of the molecule is CCCOC1CCN(Cc2ccc(-c3ccc(-c4noc(C)n4)cc3)cc2)C1. The fourth-order valence-corrected chi connectivity index (χ4v) is 3.65. The molecule has 0 aliphatic carbocycles. The molecule has 1 unspecified atom stereocenters. The molecule has 0 saturated carbocycles. The fourth-order valence-electron chi connectivity index (χ4n) is 3.65. The largest absolute Gasteiger partial charge is 0.377 e. The minimum absolute atomic E-state index is 0.403. The number of rotatable bonds is 7. The highest BCUT2D eigenvalue weighted by atomic mass is 16.5. The van der Waals surface area contributed by atoms with Gasteiger partial charge in [-0.05, 0) is 29.5 Å². The van der Waals surface area contributed by atoms with Crippen LogP contribution in [0.5, 0.6) is 0 Å². The van der Waals surface area contributed by atoms with Crippen LogP contribution < -0.4 is 0 Å². The molecular weight excluding hydrogens is 350 g/mol. The van der Waals surface area contributed by atoms with Gasteiger partial charge in [-0.2, -0.15) is 4.98 Å². The second-order valence-corrected chi connectivity index (χ2v) is 7.43. The summed E-state index contributed by atoms with van der Waals surface area (Å²) >= 11 is 0. The van der Waals surface area contributed by atoms with Crippen LogP contribution in [0.15, 0.2) is 53.1 Å². The molecular formula is C23H27N3O2. The number of hydrogen-bond donors (Lipinski definition) is 0. The van der Waals surface area contributed by atoms with Gasteiger partial charge in [-0.25, -0.2) is 0 Å². The lowest BCUT2D eigenvalue weighted by Gasteiger charge is -2.16. The van der Waals surface area contributed by atoms with Gasteiger partial charge in [0.05, 0.1) is 6.10 Å². The molecule has 146 valence electrons. The fraction of sp³-hybridized carbons (Fsp3) is 0.391. The van der Waals surface area contributed by atoms with Crippen molar-refractivity contribution < 1.29 is 9.26 Å². The zero-order valence-corrected chi connectivity index (χ0v) is 16.6. The first kappa shape index (κ1) is 18.8. The quantitative estimate of drug-likeness (QED) is 0.597. The molecule has 1 atom stereocenters. The second-order valence-electron chi connectivity index (χ2n) is 7.43. The first-order valence-electron chi connectivity index (χ1n) is 10.1. The van der Waals surface area contributed by atoms with Crippen LogP contribution >= 0.6 is 0 Å². The second kappa shape index (κ2) is 8.67. The van der Waals surface area contributed by atoms with Crippen LogP contribution in [0.4, 0.5) is 0 Å². The maximum atomic E-state index is 5.88. The number of benzene rings is 2. The Bertz CT molecular complexity index is 887. The summed E-state index contributed by atoms with van der Waals surface area (Å²) in [5.41, 5.74) is 4.71. The number of likely N-dealkylation sites (tertiary alicyclic amines) is 1. The molecule has 3 aromatic rings. The van der Waals surface area contributed by atoms with Gasteiger partial charge >= 0.3 is 0 Å². The molecule has 5 heteroatoms. The van der Waals surface area contributed by atoms with Crippen molar-refractivity contribution >= 4 is 0 Å². The van der Waals surface area contributed by atoms with Gasteiger partial charge in [-0.3, -0.25) is 4.90 Å². The summed E-state index contributed by atoms with van der Waals surface area (Å²) in [4.78, 5) is 6.76. The van der Waals surface area contributed by atoms with E-state index in [4.69, 9.17) is 9.26 Å². The van der Waals surface area contributed by atoms with Crippen molar-refractivity contribution in [1.82, 2.24) is 15.0 Å². The molecule has 1 saturated heterocycles. The van der Waals surface area contributed by atoms with Crippen molar-refractivity contribution in [3.63, 3.8) is 0 Å². The summed E-state index contributed by atoms with van der Waals surface area (Å²) in [5, 5.41) is 3.97. The molecule has 28 heavy (non-hydrogen) atoms. The van der Waals surface area contributed by atoms with E-state index in [0.717, 1.165) is 44.6 Å². The average molecular weight is 377 g/mol. The Labute approximate surface area is 166 Å². The van der Waals surface area contributed by atoms with E-state index in [-0.39, 0.29) is 0 Å². The van der Waals surface area contributed by atoms with E-state index in [1.807, 2.05) is 12.1 Å². The number of ether oxygens (including phenoxy) is 1. The average Bonchev–Trinajstić information content (AvgIpc) is 3.36. The molecule has 2 aromatic carbocycles. The zero-order valence-electron chi connectivity index (χ0n) is 16.6. The monoisotopic (exact) mass is 377 g/mol. The summed E-state index contributed by atoms with van der Waals surface area (Å²) in [6.07, 6.45) is 2.64. The van der Waals surface area contributed by atoms with Crippen molar-refractivity contribution in [2.45, 2.75) is 39.3 Å². The van der Waals surface area contributed by atoms with Gasteiger partial charge in [0.15, 0.2) is 0 Å². The van der Waals surface area contributed by atoms with Crippen LogP contribution in [0.3, 0.4) is 0 Å². The van der Waals surface area contributed by atoms with Crippen molar-refractivity contribution in [3.8, 4) is 22.5 Å². The van der Waals surface area contributed by atoms with Crippen LogP contribution in [0, 0.1) is 6.92 Å². The molecule has 0 N–H and O–H groups in total. The molecule has 1 aliphatic rings. The summed E-state index contributed by atoms with van der Waals surface area (Å²) in [6.45, 7) is 7.98. The van der Waals surface area contributed by atoms with Crippen LogP contribution in [0.1, 0.15) is 31.2 Å². The molecule has 2 heterocycles. The lowest BCUT2D eigenvalue weighted by atomic mass is 10.0. The van der Waals surface area contributed by atoms with Gasteiger partial charge in [-0.15, -0.1) is 0 Å². The van der Waals surface area contributed by atoms with Gasteiger partial charge in [0.2, 0.25) is 11.7 Å². The van der Waals surface area contributed by atoms with Gasteiger partial charge in [-0.1, -0.05) is 60.6 Å². The number of nitrogens with zero attached hydrogens (tertiary/aromatic N) is 3. The normalized spacial score (nSPS) is 17.3. The number of aryl methyl sites for hydroxylation is 1. The minimum Gasteiger partial charge on any atom is -0.377 e. The highest BCUT2D eigenvalue weighted by Gasteiger charge is 2.22. The van der Waals surface area contributed by atoms with E-state index in [2.05, 4.69) is 58.4 Å². The first-order valence-corrected chi connectivity index (χ1v) is 10.1. The van der Waals surface area contributed by atoms with Crippen molar-refractivity contribution in [1.29, 1.82) is 0 Å². The zero-order chi connectivity index (χ0) is 19.3. The smallest absolute Gasteiger partial charge is 0.223 e. The molecule has 4 rings (SSSR count). The van der Waals surface area contributed by atoms with E-state index in [9.17, 15) is 0 Å². The molecule has 0 spiro atoms. The van der Waals surface area contributed by atoms with E-state index in [1.165, 1.54) is 16.7 Å². The molecule has 0 amide bonds. The van der Waals surface area contributed by atoms with Gasteiger partial charge < -0.3 is 9.26 Å². The van der Waals surface area contributed by atoms with E-state index >= 15 is 0 Å². The number of hydrogen-bond acceptors (Lipinski definition) is 5. The third-order valence-electron chi connectivity index (χ3n) is 5.15. The molecule has 5 nitrogen and oxygen atoms in total. The maximum absolute atomic E-state index is 5.88. The summed E-state index contributed by atoms with van der Waals surface area (Å²) in [6, 6.07) is 17.1. The van der Waals surface area contributed by atoms with Gasteiger partial charge in [0.25, 0.3) is 0 Å². The number of aromatic nitrogens is 2. The van der Waals surface area contributed by atoms with E-state index in [1.54, 1.807) is 6.92 Å². The Morgan fingerprint density at radius 3 is 2.36 bits per heavy atom. The Kier molecular flexibility index (Phi) is 5.84. The van der Waals surface area contributed by atoms with E-state index < -0.39 is 0 Å². The van der Waals surface area contributed by atoms with Crippen molar-refractivity contribution in [2.75, 3.05) is 19.7 Å². The minimum atomic E-state index is 0.403. The molecule has 1 fully saturated rings. The lowest BCUT2D eigenvalue weighted by molar-refractivity contribution is 0.0590. The Morgan fingerprint density at radius 2 is 1.71 bits per heavy atom. The molecule has 0 bridgehead atoms. The predicted octanol–water partition coefficient (Wildman–Crippen LogP) is 4.71.